The molecule has 0 aliphatic heterocycles. The van der Waals surface area contributed by atoms with E-state index in [1.807, 2.05) is 11.6 Å². The van der Waals surface area contributed by atoms with E-state index in [9.17, 15) is 9.90 Å². The number of nitrogens with one attached hydrogen (secondary N) is 1. The molecule has 1 aromatic carbocycles. The van der Waals surface area contributed by atoms with E-state index >= 15 is 0 Å². The molecule has 0 saturated carbocycles. The lowest BCUT2D eigenvalue weighted by Gasteiger charge is -2.06. The molecule has 0 aliphatic carbocycles. The molecule has 0 bridgehead atoms. The third kappa shape index (κ3) is 3.63. The number of hydrogen-bond donors (Lipinski definition) is 2. The highest BCUT2D eigenvalue weighted by atomic mass is 16.4. The van der Waals surface area contributed by atoms with E-state index in [1.165, 1.54) is 18.5 Å². The van der Waals surface area contributed by atoms with Crippen LogP contribution in [0, 0.1) is 6.92 Å². The van der Waals surface area contributed by atoms with Gasteiger partial charge in [0.15, 0.2) is 5.82 Å². The van der Waals surface area contributed by atoms with Gasteiger partial charge in [-0.2, -0.15) is 5.10 Å². The second-order valence-corrected chi connectivity index (χ2v) is 6.15. The minimum Gasteiger partial charge on any atom is -0.478 e. The number of fused-ring (bicyclic) bond motifs is 1. The quantitative estimate of drug-likeness (QED) is 0.625. The van der Waals surface area contributed by atoms with E-state index < -0.39 is 5.97 Å². The van der Waals surface area contributed by atoms with E-state index in [0.717, 1.165) is 42.3 Å². The van der Waals surface area contributed by atoms with Gasteiger partial charge in [-0.25, -0.2) is 4.79 Å². The van der Waals surface area contributed by atoms with Gasteiger partial charge in [-0.05, 0) is 31.5 Å². The molecule has 2 aromatic heterocycles. The first kappa shape index (κ1) is 17.0. The van der Waals surface area contributed by atoms with Crippen molar-refractivity contribution < 1.29 is 9.90 Å². The van der Waals surface area contributed by atoms with Gasteiger partial charge in [-0.15, -0.1) is 0 Å². The third-order valence-corrected chi connectivity index (χ3v) is 4.18. The number of pyridine rings is 1. The number of rotatable bonds is 7. The molecule has 0 spiro atoms. The van der Waals surface area contributed by atoms with Crippen molar-refractivity contribution in [1.29, 1.82) is 0 Å². The Morgan fingerprint density at radius 1 is 1.28 bits per heavy atom. The molecule has 0 unspecified atom stereocenters. The summed E-state index contributed by atoms with van der Waals surface area (Å²) in [6, 6.07) is 7.68. The Kier molecular flexibility index (Phi) is 4.97. The number of anilines is 2. The Hall–Kier alpha value is -2.89. The molecule has 2 heterocycles. The summed E-state index contributed by atoms with van der Waals surface area (Å²) in [4.78, 5) is 15.4. The zero-order valence-corrected chi connectivity index (χ0v) is 14.5. The second-order valence-electron chi connectivity index (χ2n) is 6.15. The van der Waals surface area contributed by atoms with Crippen LogP contribution in [0.25, 0.3) is 10.9 Å². The standard InChI is InChI=1S/C19H22N4O2/c1-3-4-5-10-23-17-7-6-13(2)11-15(17)18(22-23)21-16-12-20-9-8-14(16)19(24)25/h6-9,11-12H,3-5,10H2,1-2H3,(H,21,22)(H,24,25). The maximum absolute atomic E-state index is 11.4. The van der Waals surface area contributed by atoms with Crippen molar-refractivity contribution in [2.24, 2.45) is 0 Å². The number of hydrogen-bond acceptors (Lipinski definition) is 4. The summed E-state index contributed by atoms with van der Waals surface area (Å²) < 4.78 is 1.99. The van der Waals surface area contributed by atoms with Crippen molar-refractivity contribution in [2.45, 2.75) is 39.7 Å². The van der Waals surface area contributed by atoms with Gasteiger partial charge in [0, 0.05) is 18.1 Å². The number of aromatic carboxylic acids is 1. The van der Waals surface area contributed by atoms with Crippen molar-refractivity contribution in [2.75, 3.05) is 5.32 Å². The molecular weight excluding hydrogens is 316 g/mol. The number of carbonyl (C=O) groups is 1. The first-order valence-electron chi connectivity index (χ1n) is 8.51. The maximum Gasteiger partial charge on any atom is 0.337 e. The number of carboxylic acids is 1. The van der Waals surface area contributed by atoms with E-state index in [1.54, 1.807) is 0 Å². The molecule has 6 nitrogen and oxygen atoms in total. The lowest BCUT2D eigenvalue weighted by atomic mass is 10.1. The number of unbranched alkanes of at least 4 members (excludes halogenated alkanes) is 2. The lowest BCUT2D eigenvalue weighted by Crippen LogP contribution is -2.04. The van der Waals surface area contributed by atoms with Gasteiger partial charge < -0.3 is 10.4 Å². The van der Waals surface area contributed by atoms with Crippen LogP contribution >= 0.6 is 0 Å². The van der Waals surface area contributed by atoms with Crippen LogP contribution in [0.1, 0.15) is 42.1 Å². The minimum absolute atomic E-state index is 0.177. The average molecular weight is 338 g/mol. The Bertz CT molecular complexity index is 902. The van der Waals surface area contributed by atoms with Crippen LogP contribution in [-0.2, 0) is 6.54 Å². The van der Waals surface area contributed by atoms with Crippen LogP contribution in [0.15, 0.2) is 36.7 Å². The molecule has 130 valence electrons. The smallest absolute Gasteiger partial charge is 0.337 e. The summed E-state index contributed by atoms with van der Waals surface area (Å²) in [5.74, 6) is -0.335. The molecule has 3 rings (SSSR count). The van der Waals surface area contributed by atoms with Crippen molar-refractivity contribution >= 4 is 28.4 Å². The number of aryl methyl sites for hydroxylation is 2. The van der Waals surface area contributed by atoms with Gasteiger partial charge in [-0.3, -0.25) is 9.67 Å². The summed E-state index contributed by atoms with van der Waals surface area (Å²) >= 11 is 0. The van der Waals surface area contributed by atoms with Crippen LogP contribution in [0.2, 0.25) is 0 Å². The van der Waals surface area contributed by atoms with Gasteiger partial charge in [0.1, 0.15) is 0 Å². The number of carboxylic acid groups (broad SMARTS) is 1. The fourth-order valence-corrected chi connectivity index (χ4v) is 2.88. The number of benzene rings is 1. The summed E-state index contributed by atoms with van der Waals surface area (Å²) in [6.45, 7) is 5.05. The van der Waals surface area contributed by atoms with Crippen LogP contribution in [0.3, 0.4) is 0 Å². The Labute approximate surface area is 146 Å². The fraction of sp³-hybridized carbons (Fsp3) is 0.316. The minimum atomic E-state index is -0.993. The summed E-state index contributed by atoms with van der Waals surface area (Å²) in [6.07, 6.45) is 6.36. The Morgan fingerprint density at radius 3 is 2.88 bits per heavy atom. The monoisotopic (exact) mass is 338 g/mol. The predicted octanol–water partition coefficient (Wildman–Crippen LogP) is 4.37. The highest BCUT2D eigenvalue weighted by Crippen LogP contribution is 2.28. The molecule has 3 aromatic rings. The zero-order valence-electron chi connectivity index (χ0n) is 14.5. The lowest BCUT2D eigenvalue weighted by molar-refractivity contribution is 0.0698. The topological polar surface area (TPSA) is 80.0 Å². The second kappa shape index (κ2) is 7.34. The summed E-state index contributed by atoms with van der Waals surface area (Å²) in [7, 11) is 0. The molecule has 0 atom stereocenters. The van der Waals surface area contributed by atoms with Crippen molar-refractivity contribution in [3.8, 4) is 0 Å². The van der Waals surface area contributed by atoms with Crippen molar-refractivity contribution in [3.63, 3.8) is 0 Å². The molecule has 0 aliphatic rings. The Morgan fingerprint density at radius 2 is 2.12 bits per heavy atom. The first-order valence-corrected chi connectivity index (χ1v) is 8.51. The van der Waals surface area contributed by atoms with E-state index in [-0.39, 0.29) is 5.56 Å². The van der Waals surface area contributed by atoms with Crippen molar-refractivity contribution in [1.82, 2.24) is 14.8 Å². The van der Waals surface area contributed by atoms with E-state index in [4.69, 9.17) is 0 Å². The Balaban J connectivity index is 2.01. The largest absolute Gasteiger partial charge is 0.478 e. The molecule has 25 heavy (non-hydrogen) atoms. The van der Waals surface area contributed by atoms with E-state index in [0.29, 0.717) is 11.5 Å². The fourth-order valence-electron chi connectivity index (χ4n) is 2.88. The maximum atomic E-state index is 11.4. The number of nitrogens with zero attached hydrogens (tertiary/aromatic N) is 3. The molecular formula is C19H22N4O2. The van der Waals surface area contributed by atoms with Crippen LogP contribution < -0.4 is 5.32 Å². The first-order chi connectivity index (χ1) is 12.1. The molecule has 6 heteroatoms. The average Bonchev–Trinajstić information content (AvgIpc) is 2.92. The highest BCUT2D eigenvalue weighted by molar-refractivity contribution is 5.98. The van der Waals surface area contributed by atoms with Gasteiger partial charge >= 0.3 is 5.97 Å². The summed E-state index contributed by atoms with van der Waals surface area (Å²) in [5, 5.41) is 18.2. The van der Waals surface area contributed by atoms with Crippen molar-refractivity contribution in [3.05, 3.63) is 47.8 Å². The van der Waals surface area contributed by atoms with Gasteiger partial charge in [0.2, 0.25) is 0 Å². The van der Waals surface area contributed by atoms with Gasteiger partial charge in [0.05, 0.1) is 23.0 Å². The SMILES string of the molecule is CCCCCn1nc(Nc2cnccc2C(=O)O)c2cc(C)ccc21. The van der Waals surface area contributed by atoms with Crippen LogP contribution in [0.5, 0.6) is 0 Å². The molecule has 0 saturated heterocycles. The van der Waals surface area contributed by atoms with Crippen LogP contribution in [0.4, 0.5) is 11.5 Å². The van der Waals surface area contributed by atoms with Gasteiger partial charge in [-0.1, -0.05) is 31.4 Å². The van der Waals surface area contributed by atoms with Gasteiger partial charge in [0.25, 0.3) is 0 Å². The molecule has 2 N–H and O–H groups in total. The normalized spacial score (nSPS) is 11.0. The highest BCUT2D eigenvalue weighted by Gasteiger charge is 2.15. The third-order valence-electron chi connectivity index (χ3n) is 4.18. The predicted molar refractivity (Wildman–Crippen MR) is 98.5 cm³/mol. The molecule has 0 fully saturated rings. The molecule has 0 radical (unpaired) electrons. The number of aromatic nitrogens is 3. The zero-order chi connectivity index (χ0) is 17.8. The van der Waals surface area contributed by atoms with E-state index in [2.05, 4.69) is 40.5 Å². The molecule has 0 amide bonds. The summed E-state index contributed by atoms with van der Waals surface area (Å²) in [5.41, 5.74) is 2.80. The van der Waals surface area contributed by atoms with Crippen LogP contribution in [-0.4, -0.2) is 25.8 Å².